The standard InChI is InChI=1S/C8H7Br2/c1-6-2-4-7(5-3-6)8(9)10/h2-5H,1H3. The van der Waals surface area contributed by atoms with Gasteiger partial charge in [0.05, 0.1) is 0 Å². The van der Waals surface area contributed by atoms with Crippen molar-refractivity contribution < 1.29 is 0 Å². The van der Waals surface area contributed by atoms with E-state index in [0.717, 1.165) is 3.74 Å². The third kappa shape index (κ3) is 2.10. The first-order valence-electron chi connectivity index (χ1n) is 2.95. The molecule has 0 aliphatic heterocycles. The second-order valence-electron chi connectivity index (χ2n) is 2.13. The lowest BCUT2D eigenvalue weighted by atomic mass is 10.2. The van der Waals surface area contributed by atoms with E-state index >= 15 is 0 Å². The van der Waals surface area contributed by atoms with Crippen molar-refractivity contribution >= 4 is 31.9 Å². The maximum Gasteiger partial charge on any atom is 0.134 e. The van der Waals surface area contributed by atoms with Crippen LogP contribution in [-0.2, 0) is 0 Å². The molecule has 0 spiro atoms. The van der Waals surface area contributed by atoms with Gasteiger partial charge in [-0.1, -0.05) is 61.7 Å². The summed E-state index contributed by atoms with van der Waals surface area (Å²) in [6, 6.07) is 8.29. The minimum Gasteiger partial charge on any atom is -0.0645 e. The zero-order valence-electron chi connectivity index (χ0n) is 5.57. The first kappa shape index (κ1) is 8.28. The second kappa shape index (κ2) is 3.54. The average molecular weight is 263 g/mol. The van der Waals surface area contributed by atoms with Crippen LogP contribution in [0.15, 0.2) is 24.3 Å². The third-order valence-electron chi connectivity index (χ3n) is 1.27. The zero-order valence-corrected chi connectivity index (χ0v) is 8.74. The minimum atomic E-state index is 1.00. The molecular formula is C8H7Br2. The Morgan fingerprint density at radius 1 is 1.10 bits per heavy atom. The SMILES string of the molecule is Cc1ccc([C](Br)Br)cc1. The van der Waals surface area contributed by atoms with Crippen molar-refractivity contribution in [2.24, 2.45) is 0 Å². The molecule has 0 aliphatic rings. The fourth-order valence-corrected chi connectivity index (χ4v) is 1.21. The van der Waals surface area contributed by atoms with E-state index in [2.05, 4.69) is 63.0 Å². The summed E-state index contributed by atoms with van der Waals surface area (Å²) in [5.74, 6) is 0. The Kier molecular flexibility index (Phi) is 2.93. The second-order valence-corrected chi connectivity index (χ2v) is 4.78. The van der Waals surface area contributed by atoms with Crippen molar-refractivity contribution in [2.45, 2.75) is 6.92 Å². The Morgan fingerprint density at radius 2 is 1.60 bits per heavy atom. The molecule has 0 heterocycles. The van der Waals surface area contributed by atoms with Crippen LogP contribution >= 0.6 is 31.9 Å². The molecule has 0 unspecified atom stereocenters. The fraction of sp³-hybridized carbons (Fsp3) is 0.125. The van der Waals surface area contributed by atoms with Crippen molar-refractivity contribution in [3.05, 3.63) is 39.1 Å². The molecule has 0 saturated carbocycles. The van der Waals surface area contributed by atoms with Crippen LogP contribution < -0.4 is 0 Å². The molecule has 0 saturated heterocycles. The molecule has 2 heteroatoms. The fourth-order valence-electron chi connectivity index (χ4n) is 0.680. The van der Waals surface area contributed by atoms with E-state index in [1.165, 1.54) is 11.1 Å². The largest absolute Gasteiger partial charge is 0.134 e. The van der Waals surface area contributed by atoms with Gasteiger partial charge in [0.1, 0.15) is 3.74 Å². The van der Waals surface area contributed by atoms with E-state index in [-0.39, 0.29) is 0 Å². The Hall–Kier alpha value is 0.180. The molecule has 0 aromatic heterocycles. The van der Waals surface area contributed by atoms with Crippen LogP contribution in [-0.4, -0.2) is 0 Å². The molecule has 1 radical (unpaired) electrons. The predicted octanol–water partition coefficient (Wildman–Crippen LogP) is 3.62. The summed E-state index contributed by atoms with van der Waals surface area (Å²) in [6.07, 6.45) is 0. The zero-order chi connectivity index (χ0) is 7.56. The summed E-state index contributed by atoms with van der Waals surface area (Å²) in [5.41, 5.74) is 2.45. The summed E-state index contributed by atoms with van der Waals surface area (Å²) in [7, 11) is 0. The van der Waals surface area contributed by atoms with Crippen molar-refractivity contribution in [3.63, 3.8) is 0 Å². The van der Waals surface area contributed by atoms with Crippen molar-refractivity contribution in [3.8, 4) is 0 Å². The van der Waals surface area contributed by atoms with Crippen LogP contribution in [0.3, 0.4) is 0 Å². The lowest BCUT2D eigenvalue weighted by molar-refractivity contribution is 1.44. The maximum absolute atomic E-state index is 3.34. The third-order valence-corrected chi connectivity index (χ3v) is 2.19. The van der Waals surface area contributed by atoms with Crippen LogP contribution in [0.25, 0.3) is 0 Å². The van der Waals surface area contributed by atoms with Crippen LogP contribution in [0.4, 0.5) is 0 Å². The average Bonchev–Trinajstić information content (AvgIpc) is 1.88. The number of halogens is 2. The van der Waals surface area contributed by atoms with Gasteiger partial charge in [-0.15, -0.1) is 0 Å². The van der Waals surface area contributed by atoms with Gasteiger partial charge in [-0.3, -0.25) is 0 Å². The van der Waals surface area contributed by atoms with E-state index in [1.807, 2.05) is 0 Å². The molecular weight excluding hydrogens is 256 g/mol. The molecule has 0 aliphatic carbocycles. The van der Waals surface area contributed by atoms with Gasteiger partial charge in [0, 0.05) is 0 Å². The molecule has 0 nitrogen and oxygen atoms in total. The molecule has 0 N–H and O–H groups in total. The van der Waals surface area contributed by atoms with Crippen LogP contribution in [0.2, 0.25) is 0 Å². The van der Waals surface area contributed by atoms with Gasteiger partial charge in [0.2, 0.25) is 0 Å². The van der Waals surface area contributed by atoms with Crippen LogP contribution in [0, 0.1) is 10.7 Å². The summed E-state index contributed by atoms with van der Waals surface area (Å²) < 4.78 is 1.00. The molecule has 1 rings (SSSR count). The lowest BCUT2D eigenvalue weighted by Gasteiger charge is -1.99. The molecule has 53 valence electrons. The number of hydrogen-bond donors (Lipinski definition) is 0. The predicted molar refractivity (Wildman–Crippen MR) is 51.4 cm³/mol. The van der Waals surface area contributed by atoms with Gasteiger partial charge in [-0.2, -0.15) is 0 Å². The quantitative estimate of drug-likeness (QED) is 0.725. The summed E-state index contributed by atoms with van der Waals surface area (Å²) in [4.78, 5) is 0. The summed E-state index contributed by atoms with van der Waals surface area (Å²) in [5, 5.41) is 0. The van der Waals surface area contributed by atoms with Gasteiger partial charge in [-0.25, -0.2) is 0 Å². The van der Waals surface area contributed by atoms with E-state index in [9.17, 15) is 0 Å². The topological polar surface area (TPSA) is 0 Å². The van der Waals surface area contributed by atoms with E-state index in [4.69, 9.17) is 0 Å². The molecule has 1 aromatic rings. The summed E-state index contributed by atoms with van der Waals surface area (Å²) >= 11 is 6.68. The van der Waals surface area contributed by atoms with Gasteiger partial charge in [0.15, 0.2) is 0 Å². The highest BCUT2D eigenvalue weighted by atomic mass is 79.9. The normalized spacial score (nSPS) is 10.4. The summed E-state index contributed by atoms with van der Waals surface area (Å²) in [6.45, 7) is 2.08. The van der Waals surface area contributed by atoms with Gasteiger partial charge < -0.3 is 0 Å². The highest BCUT2D eigenvalue weighted by Gasteiger charge is 2.00. The van der Waals surface area contributed by atoms with Crippen molar-refractivity contribution in [1.82, 2.24) is 0 Å². The molecule has 1 aromatic carbocycles. The highest BCUT2D eigenvalue weighted by Crippen LogP contribution is 2.27. The Bertz CT molecular complexity index is 201. The number of hydrogen-bond acceptors (Lipinski definition) is 0. The van der Waals surface area contributed by atoms with Crippen LogP contribution in [0.5, 0.6) is 0 Å². The monoisotopic (exact) mass is 261 g/mol. The minimum absolute atomic E-state index is 1.00. The Labute approximate surface area is 77.9 Å². The highest BCUT2D eigenvalue weighted by molar-refractivity contribution is 9.27. The van der Waals surface area contributed by atoms with Crippen molar-refractivity contribution in [1.29, 1.82) is 0 Å². The van der Waals surface area contributed by atoms with Crippen LogP contribution in [0.1, 0.15) is 11.1 Å². The molecule has 0 fully saturated rings. The van der Waals surface area contributed by atoms with Gasteiger partial charge in [0.25, 0.3) is 0 Å². The van der Waals surface area contributed by atoms with Crippen molar-refractivity contribution in [2.75, 3.05) is 0 Å². The lowest BCUT2D eigenvalue weighted by Crippen LogP contribution is -1.79. The molecule has 0 bridgehead atoms. The molecule has 0 amide bonds. The van der Waals surface area contributed by atoms with E-state index in [0.29, 0.717) is 0 Å². The number of benzene rings is 1. The van der Waals surface area contributed by atoms with E-state index < -0.39 is 0 Å². The maximum atomic E-state index is 3.34. The number of rotatable bonds is 1. The Balaban J connectivity index is 2.89. The van der Waals surface area contributed by atoms with Gasteiger partial charge in [-0.05, 0) is 12.5 Å². The van der Waals surface area contributed by atoms with E-state index in [1.54, 1.807) is 0 Å². The van der Waals surface area contributed by atoms with Gasteiger partial charge >= 0.3 is 0 Å². The molecule has 10 heavy (non-hydrogen) atoms. The smallest absolute Gasteiger partial charge is 0.0645 e. The molecule has 0 atom stereocenters. The first-order chi connectivity index (χ1) is 4.70. The number of aryl methyl sites for hydroxylation is 1. The first-order valence-corrected chi connectivity index (χ1v) is 4.54. The Morgan fingerprint density at radius 3 is 2.00 bits per heavy atom.